The van der Waals surface area contributed by atoms with E-state index in [1.165, 1.54) is 0 Å². The topological polar surface area (TPSA) is 86.7 Å². The highest BCUT2D eigenvalue weighted by atomic mass is 16.4. The number of carbonyl (C=O) groups excluding carboxylic acids is 2. The van der Waals surface area contributed by atoms with E-state index in [-0.39, 0.29) is 36.5 Å². The van der Waals surface area contributed by atoms with Gasteiger partial charge in [0.25, 0.3) is 0 Å². The summed E-state index contributed by atoms with van der Waals surface area (Å²) in [5, 5.41) is 11.3. The highest BCUT2D eigenvalue weighted by molar-refractivity contribution is 5.89. The SMILES string of the molecule is O=C(O)CCC1CCN(C(=O)C2CNC(=O)C2)C1. The number of carboxylic acids is 1. The predicted molar refractivity (Wildman–Crippen MR) is 62.7 cm³/mol. The van der Waals surface area contributed by atoms with Crippen molar-refractivity contribution in [2.24, 2.45) is 11.8 Å². The fraction of sp³-hybridized carbons (Fsp3) is 0.750. The van der Waals surface area contributed by atoms with Crippen molar-refractivity contribution in [2.45, 2.75) is 25.7 Å². The van der Waals surface area contributed by atoms with E-state index in [0.717, 1.165) is 6.42 Å². The normalized spacial score (nSPS) is 27.3. The first-order chi connectivity index (χ1) is 8.56. The minimum absolute atomic E-state index is 0.0335. The van der Waals surface area contributed by atoms with Gasteiger partial charge in [-0.2, -0.15) is 0 Å². The second-order valence-electron chi connectivity index (χ2n) is 5.08. The van der Waals surface area contributed by atoms with Crippen LogP contribution in [0.2, 0.25) is 0 Å². The summed E-state index contributed by atoms with van der Waals surface area (Å²) in [4.78, 5) is 35.4. The molecule has 2 rings (SSSR count). The Kier molecular flexibility index (Phi) is 3.84. The van der Waals surface area contributed by atoms with Crippen molar-refractivity contribution in [1.82, 2.24) is 10.2 Å². The molecule has 2 N–H and O–H groups in total. The van der Waals surface area contributed by atoms with Gasteiger partial charge in [0.15, 0.2) is 0 Å². The van der Waals surface area contributed by atoms with Crippen molar-refractivity contribution in [3.05, 3.63) is 0 Å². The summed E-state index contributed by atoms with van der Waals surface area (Å²) in [6.07, 6.45) is 1.94. The van der Waals surface area contributed by atoms with Gasteiger partial charge in [-0.05, 0) is 18.8 Å². The van der Waals surface area contributed by atoms with E-state index < -0.39 is 5.97 Å². The maximum Gasteiger partial charge on any atom is 0.303 e. The number of hydrogen-bond acceptors (Lipinski definition) is 3. The summed E-state index contributed by atoms with van der Waals surface area (Å²) in [7, 11) is 0. The van der Waals surface area contributed by atoms with Crippen LogP contribution in [0.3, 0.4) is 0 Å². The number of carboxylic acid groups (broad SMARTS) is 1. The number of carbonyl (C=O) groups is 3. The molecule has 0 spiro atoms. The molecule has 2 aliphatic heterocycles. The quantitative estimate of drug-likeness (QED) is 0.729. The molecule has 2 saturated heterocycles. The third kappa shape index (κ3) is 3.00. The predicted octanol–water partition coefficient (Wildman–Crippen LogP) is -0.164. The van der Waals surface area contributed by atoms with Crippen LogP contribution in [0.4, 0.5) is 0 Å². The molecule has 0 aliphatic carbocycles. The van der Waals surface area contributed by atoms with Crippen molar-refractivity contribution >= 4 is 17.8 Å². The average Bonchev–Trinajstić information content (AvgIpc) is 2.94. The lowest BCUT2D eigenvalue weighted by atomic mass is 10.0. The van der Waals surface area contributed by atoms with E-state index >= 15 is 0 Å². The summed E-state index contributed by atoms with van der Waals surface area (Å²) >= 11 is 0. The van der Waals surface area contributed by atoms with Crippen LogP contribution >= 0.6 is 0 Å². The van der Waals surface area contributed by atoms with Crippen molar-refractivity contribution in [3.63, 3.8) is 0 Å². The van der Waals surface area contributed by atoms with Crippen LogP contribution in [0.15, 0.2) is 0 Å². The zero-order valence-electron chi connectivity index (χ0n) is 10.2. The van der Waals surface area contributed by atoms with Crippen LogP contribution in [0.1, 0.15) is 25.7 Å². The molecule has 2 unspecified atom stereocenters. The Balaban J connectivity index is 1.79. The van der Waals surface area contributed by atoms with Gasteiger partial charge in [0.1, 0.15) is 0 Å². The summed E-state index contributed by atoms with van der Waals surface area (Å²) in [6, 6.07) is 0. The highest BCUT2D eigenvalue weighted by Crippen LogP contribution is 2.24. The number of likely N-dealkylation sites (tertiary alicyclic amines) is 1. The number of amides is 2. The minimum atomic E-state index is -0.787. The zero-order chi connectivity index (χ0) is 13.1. The molecule has 0 aromatic rings. The summed E-state index contributed by atoms with van der Waals surface area (Å²) in [5.74, 6) is -0.752. The monoisotopic (exact) mass is 254 g/mol. The molecule has 6 nitrogen and oxygen atoms in total. The van der Waals surface area contributed by atoms with Crippen LogP contribution in [-0.4, -0.2) is 47.4 Å². The molecule has 0 aromatic carbocycles. The Morgan fingerprint density at radius 1 is 1.44 bits per heavy atom. The summed E-state index contributed by atoms with van der Waals surface area (Å²) in [6.45, 7) is 1.76. The molecule has 2 fully saturated rings. The van der Waals surface area contributed by atoms with Gasteiger partial charge in [-0.1, -0.05) is 0 Å². The van der Waals surface area contributed by atoms with Gasteiger partial charge in [0, 0.05) is 32.5 Å². The van der Waals surface area contributed by atoms with Crippen molar-refractivity contribution in [3.8, 4) is 0 Å². The van der Waals surface area contributed by atoms with E-state index in [9.17, 15) is 14.4 Å². The van der Waals surface area contributed by atoms with Crippen LogP contribution in [0.5, 0.6) is 0 Å². The van der Waals surface area contributed by atoms with Gasteiger partial charge >= 0.3 is 5.97 Å². The van der Waals surface area contributed by atoms with Gasteiger partial charge in [0.05, 0.1) is 5.92 Å². The molecule has 2 amide bonds. The van der Waals surface area contributed by atoms with Gasteiger partial charge < -0.3 is 15.3 Å². The Morgan fingerprint density at radius 3 is 2.83 bits per heavy atom. The first-order valence-corrected chi connectivity index (χ1v) is 6.33. The lowest BCUT2D eigenvalue weighted by Gasteiger charge is -2.19. The smallest absolute Gasteiger partial charge is 0.303 e. The number of nitrogens with one attached hydrogen (secondary N) is 1. The average molecular weight is 254 g/mol. The lowest BCUT2D eigenvalue weighted by Crippen LogP contribution is -2.35. The van der Waals surface area contributed by atoms with E-state index in [4.69, 9.17) is 5.11 Å². The van der Waals surface area contributed by atoms with Gasteiger partial charge in [-0.15, -0.1) is 0 Å². The van der Waals surface area contributed by atoms with E-state index in [1.54, 1.807) is 4.90 Å². The second-order valence-corrected chi connectivity index (χ2v) is 5.08. The number of hydrogen-bond donors (Lipinski definition) is 2. The molecule has 2 aliphatic rings. The van der Waals surface area contributed by atoms with Gasteiger partial charge in [-0.3, -0.25) is 14.4 Å². The maximum atomic E-state index is 12.1. The van der Waals surface area contributed by atoms with Crippen LogP contribution < -0.4 is 5.32 Å². The van der Waals surface area contributed by atoms with Crippen molar-refractivity contribution < 1.29 is 19.5 Å². The third-order valence-corrected chi connectivity index (χ3v) is 3.69. The molecule has 18 heavy (non-hydrogen) atoms. The molecule has 6 heteroatoms. The van der Waals surface area contributed by atoms with E-state index in [1.807, 2.05) is 0 Å². The van der Waals surface area contributed by atoms with Crippen LogP contribution in [0.25, 0.3) is 0 Å². The number of aliphatic carboxylic acids is 1. The molecular weight excluding hydrogens is 236 g/mol. The Morgan fingerprint density at radius 2 is 2.22 bits per heavy atom. The fourth-order valence-electron chi connectivity index (χ4n) is 2.63. The Hall–Kier alpha value is -1.59. The molecule has 0 saturated carbocycles. The van der Waals surface area contributed by atoms with Crippen molar-refractivity contribution in [2.75, 3.05) is 19.6 Å². The van der Waals surface area contributed by atoms with Crippen molar-refractivity contribution in [1.29, 1.82) is 0 Å². The molecule has 2 heterocycles. The molecule has 100 valence electrons. The minimum Gasteiger partial charge on any atom is -0.481 e. The van der Waals surface area contributed by atoms with E-state index in [2.05, 4.69) is 5.32 Å². The Labute approximate surface area is 105 Å². The number of nitrogens with zero attached hydrogens (tertiary/aromatic N) is 1. The molecule has 2 atom stereocenters. The first-order valence-electron chi connectivity index (χ1n) is 6.33. The zero-order valence-corrected chi connectivity index (χ0v) is 10.2. The summed E-state index contributed by atoms with van der Waals surface area (Å²) in [5.41, 5.74) is 0. The first kappa shape index (κ1) is 12.9. The van der Waals surface area contributed by atoms with Crippen LogP contribution in [0, 0.1) is 11.8 Å². The van der Waals surface area contributed by atoms with Crippen LogP contribution in [-0.2, 0) is 14.4 Å². The second kappa shape index (κ2) is 5.37. The molecule has 0 aromatic heterocycles. The molecular formula is C12H18N2O4. The highest BCUT2D eigenvalue weighted by Gasteiger charge is 2.34. The molecule has 0 bridgehead atoms. The maximum absolute atomic E-state index is 12.1. The van der Waals surface area contributed by atoms with Gasteiger partial charge in [0.2, 0.25) is 11.8 Å². The fourth-order valence-corrected chi connectivity index (χ4v) is 2.63. The Bertz CT molecular complexity index is 369. The van der Waals surface area contributed by atoms with Gasteiger partial charge in [-0.25, -0.2) is 0 Å². The largest absolute Gasteiger partial charge is 0.481 e. The lowest BCUT2D eigenvalue weighted by molar-refractivity contribution is -0.137. The summed E-state index contributed by atoms with van der Waals surface area (Å²) < 4.78 is 0. The molecule has 0 radical (unpaired) electrons. The number of rotatable bonds is 4. The third-order valence-electron chi connectivity index (χ3n) is 3.69. The standard InChI is InChI=1S/C12H18N2O4/c15-10-5-9(6-13-10)12(18)14-4-3-8(7-14)1-2-11(16)17/h8-9H,1-7H2,(H,13,15)(H,16,17). The van der Waals surface area contributed by atoms with E-state index in [0.29, 0.717) is 26.1 Å².